The highest BCUT2D eigenvalue weighted by atomic mass is 32.2. The van der Waals surface area contributed by atoms with E-state index in [1.165, 1.54) is 11.8 Å². The van der Waals surface area contributed by atoms with Crippen molar-refractivity contribution in [2.24, 2.45) is 0 Å². The lowest BCUT2D eigenvalue weighted by atomic mass is 10.3. The van der Waals surface area contributed by atoms with Gasteiger partial charge in [-0.05, 0) is 25.1 Å². The minimum absolute atomic E-state index is 0.443. The molecule has 0 amide bonds. The molecule has 0 aliphatic heterocycles. The molecule has 1 atom stereocenters. The van der Waals surface area contributed by atoms with Crippen LogP contribution in [-0.4, -0.2) is 25.9 Å². The number of hydrogen-bond acceptors (Lipinski definition) is 6. The summed E-state index contributed by atoms with van der Waals surface area (Å²) in [7, 11) is -1.01. The summed E-state index contributed by atoms with van der Waals surface area (Å²) in [5.74, 6) is 2.37. The molecule has 0 radical (unpaired) electrons. The Bertz CT molecular complexity index is 768. The number of nitrogens with zero attached hydrogens (tertiary/aromatic N) is 2. The molecule has 7 heteroatoms. The normalized spacial score (nSPS) is 12.4. The summed E-state index contributed by atoms with van der Waals surface area (Å²) >= 11 is 1.40. The molecule has 3 rings (SSSR count). The van der Waals surface area contributed by atoms with Crippen LogP contribution in [0.5, 0.6) is 0 Å². The zero-order valence-corrected chi connectivity index (χ0v) is 13.5. The van der Waals surface area contributed by atoms with Crippen LogP contribution in [0.1, 0.15) is 5.76 Å². The first-order valence-corrected chi connectivity index (χ1v) is 8.98. The number of benzene rings is 1. The fraction of sp³-hybridized carbons (Fsp3) is 0.200. The van der Waals surface area contributed by atoms with Gasteiger partial charge in [0.15, 0.2) is 0 Å². The van der Waals surface area contributed by atoms with E-state index in [-0.39, 0.29) is 0 Å². The highest BCUT2D eigenvalue weighted by Gasteiger charge is 2.13. The number of hydrogen-bond donors (Lipinski definition) is 0. The van der Waals surface area contributed by atoms with E-state index in [2.05, 4.69) is 10.2 Å². The Hall–Kier alpha value is -1.86. The van der Waals surface area contributed by atoms with Crippen LogP contribution >= 0.6 is 11.8 Å². The molecule has 2 heterocycles. The largest absolute Gasteiger partial charge is 0.469 e. The van der Waals surface area contributed by atoms with E-state index < -0.39 is 10.8 Å². The van der Waals surface area contributed by atoms with Gasteiger partial charge in [0.2, 0.25) is 0 Å². The fourth-order valence-electron chi connectivity index (χ4n) is 1.88. The second-order valence-electron chi connectivity index (χ2n) is 4.47. The van der Waals surface area contributed by atoms with Gasteiger partial charge in [-0.1, -0.05) is 30.0 Å². The molecule has 0 fully saturated rings. The van der Waals surface area contributed by atoms with E-state index in [9.17, 15) is 4.21 Å². The van der Waals surface area contributed by atoms with Crippen LogP contribution < -0.4 is 0 Å². The van der Waals surface area contributed by atoms with Gasteiger partial charge in [0, 0.05) is 16.4 Å². The predicted molar refractivity (Wildman–Crippen MR) is 85.2 cm³/mol. The van der Waals surface area contributed by atoms with Crippen molar-refractivity contribution in [3.8, 4) is 11.5 Å². The second kappa shape index (κ2) is 6.93. The number of aryl methyl sites for hydroxylation is 1. The third-order valence-corrected chi connectivity index (χ3v) is 5.45. The molecular weight excluding hydrogens is 320 g/mol. The minimum Gasteiger partial charge on any atom is -0.469 e. The highest BCUT2D eigenvalue weighted by Crippen LogP contribution is 2.26. The first kappa shape index (κ1) is 15.1. The summed E-state index contributed by atoms with van der Waals surface area (Å²) in [6.07, 6.45) is 1.59. The highest BCUT2D eigenvalue weighted by molar-refractivity contribution is 8.00. The van der Waals surface area contributed by atoms with Crippen molar-refractivity contribution in [3.05, 3.63) is 48.4 Å². The molecule has 0 spiro atoms. The molecule has 0 bridgehead atoms. The van der Waals surface area contributed by atoms with Crippen molar-refractivity contribution >= 4 is 22.6 Å². The SMILES string of the molecule is Cc1occc1-c1nnc(SCC[S@@](=O)c2ccccc2)o1. The van der Waals surface area contributed by atoms with Crippen LogP contribution in [0.2, 0.25) is 0 Å². The Morgan fingerprint density at radius 2 is 2.00 bits per heavy atom. The summed E-state index contributed by atoms with van der Waals surface area (Å²) in [5, 5.41) is 8.46. The van der Waals surface area contributed by atoms with Crippen molar-refractivity contribution in [2.75, 3.05) is 11.5 Å². The van der Waals surface area contributed by atoms with E-state index in [1.54, 1.807) is 12.3 Å². The molecule has 3 aromatic rings. The molecule has 114 valence electrons. The third-order valence-electron chi connectivity index (χ3n) is 3.00. The van der Waals surface area contributed by atoms with Gasteiger partial charge in [-0.3, -0.25) is 4.21 Å². The van der Waals surface area contributed by atoms with E-state index in [4.69, 9.17) is 8.83 Å². The van der Waals surface area contributed by atoms with Gasteiger partial charge in [0.1, 0.15) is 5.76 Å². The molecule has 1 aromatic carbocycles. The number of rotatable bonds is 6. The van der Waals surface area contributed by atoms with Crippen LogP contribution in [0.3, 0.4) is 0 Å². The Kier molecular flexibility index (Phi) is 4.74. The van der Waals surface area contributed by atoms with Crippen LogP contribution in [0.15, 0.2) is 61.6 Å². The molecule has 0 aliphatic rings. The van der Waals surface area contributed by atoms with Crippen LogP contribution in [-0.2, 0) is 10.8 Å². The monoisotopic (exact) mass is 334 g/mol. The van der Waals surface area contributed by atoms with Crippen molar-refractivity contribution in [2.45, 2.75) is 17.0 Å². The van der Waals surface area contributed by atoms with Crippen LogP contribution in [0.25, 0.3) is 11.5 Å². The van der Waals surface area contributed by atoms with Gasteiger partial charge in [-0.2, -0.15) is 0 Å². The lowest BCUT2D eigenvalue weighted by Gasteiger charge is -2.00. The maximum Gasteiger partial charge on any atom is 0.276 e. The smallest absolute Gasteiger partial charge is 0.276 e. The quantitative estimate of drug-likeness (QED) is 0.642. The average molecular weight is 334 g/mol. The Balaban J connectivity index is 1.56. The summed E-state index contributed by atoms with van der Waals surface area (Å²) in [5.41, 5.74) is 0.798. The molecule has 0 unspecified atom stereocenters. The zero-order valence-electron chi connectivity index (χ0n) is 11.9. The number of thioether (sulfide) groups is 1. The van der Waals surface area contributed by atoms with Gasteiger partial charge < -0.3 is 8.83 Å². The Morgan fingerprint density at radius 3 is 2.73 bits per heavy atom. The van der Waals surface area contributed by atoms with Crippen molar-refractivity contribution in [1.82, 2.24) is 10.2 Å². The first-order chi connectivity index (χ1) is 10.7. The van der Waals surface area contributed by atoms with Crippen molar-refractivity contribution < 1.29 is 13.0 Å². The third kappa shape index (κ3) is 3.48. The maximum absolute atomic E-state index is 12.1. The average Bonchev–Trinajstić information content (AvgIpc) is 3.17. The summed E-state index contributed by atoms with van der Waals surface area (Å²) < 4.78 is 22.9. The second-order valence-corrected chi connectivity index (χ2v) is 7.09. The van der Waals surface area contributed by atoms with E-state index >= 15 is 0 Å². The van der Waals surface area contributed by atoms with Gasteiger partial charge in [-0.15, -0.1) is 10.2 Å². The standard InChI is InChI=1S/C15H14N2O3S2/c1-11-13(7-8-19-11)14-16-17-15(20-14)21-9-10-22(18)12-5-3-2-4-6-12/h2-8H,9-10H2,1H3/t22-/m1/s1. The predicted octanol–water partition coefficient (Wildman–Crippen LogP) is 3.54. The molecule has 0 N–H and O–H groups in total. The maximum atomic E-state index is 12.1. The molecule has 0 saturated heterocycles. The lowest BCUT2D eigenvalue weighted by Crippen LogP contribution is -2.00. The lowest BCUT2D eigenvalue weighted by molar-refractivity contribution is 0.463. The van der Waals surface area contributed by atoms with Crippen molar-refractivity contribution in [1.29, 1.82) is 0 Å². The molecular formula is C15H14N2O3S2. The van der Waals surface area contributed by atoms with E-state index in [0.29, 0.717) is 22.6 Å². The topological polar surface area (TPSA) is 69.1 Å². The molecule has 0 aliphatic carbocycles. The summed E-state index contributed by atoms with van der Waals surface area (Å²) in [6.45, 7) is 1.84. The van der Waals surface area contributed by atoms with Gasteiger partial charge in [0.25, 0.3) is 11.1 Å². The summed E-state index contributed by atoms with van der Waals surface area (Å²) in [4.78, 5) is 0.836. The Labute approximate surface area is 134 Å². The van der Waals surface area contributed by atoms with Crippen LogP contribution in [0.4, 0.5) is 0 Å². The first-order valence-electron chi connectivity index (χ1n) is 6.68. The minimum atomic E-state index is -1.01. The van der Waals surface area contributed by atoms with Crippen molar-refractivity contribution in [3.63, 3.8) is 0 Å². The number of furan rings is 1. The molecule has 22 heavy (non-hydrogen) atoms. The van der Waals surface area contributed by atoms with Gasteiger partial charge in [0.05, 0.1) is 22.6 Å². The van der Waals surface area contributed by atoms with Crippen LogP contribution in [0, 0.1) is 6.92 Å². The van der Waals surface area contributed by atoms with Gasteiger partial charge >= 0.3 is 0 Å². The molecule has 0 saturated carbocycles. The van der Waals surface area contributed by atoms with Gasteiger partial charge in [-0.25, -0.2) is 0 Å². The van der Waals surface area contributed by atoms with E-state index in [0.717, 1.165) is 16.2 Å². The summed E-state index contributed by atoms with van der Waals surface area (Å²) in [6, 6.07) is 11.2. The molecule has 2 aromatic heterocycles. The molecule has 5 nitrogen and oxygen atoms in total. The van der Waals surface area contributed by atoms with E-state index in [1.807, 2.05) is 37.3 Å². The zero-order chi connectivity index (χ0) is 15.4. The Morgan fingerprint density at radius 1 is 1.18 bits per heavy atom. The fourth-order valence-corrected chi connectivity index (χ4v) is 3.92. The number of aromatic nitrogens is 2.